The van der Waals surface area contributed by atoms with Crippen LogP contribution in [0, 0.1) is 0 Å². The maximum atomic E-state index is 13.5. The SMILES string of the molecule is C[C@H](NC(=O)CCC(=O)O)C(=O)N[C@@H](C)C(=O)N1CCC[C@H]1C(=O)N[C@@H](Cc1ccccc1)C(=O)SCc1ccccc1. The average Bonchev–Trinajstić information content (AvgIpc) is 3.49. The van der Waals surface area contributed by atoms with Gasteiger partial charge in [0.25, 0.3) is 0 Å². The number of hydrogen-bond acceptors (Lipinski definition) is 7. The number of likely N-dealkylation sites (tertiary alicyclic amines) is 1. The maximum absolute atomic E-state index is 13.5. The molecule has 4 N–H and O–H groups in total. The summed E-state index contributed by atoms with van der Waals surface area (Å²) in [6, 6.07) is 15.4. The van der Waals surface area contributed by atoms with Crippen LogP contribution < -0.4 is 16.0 Å². The second-order valence-corrected chi connectivity index (χ2v) is 11.4. The van der Waals surface area contributed by atoms with Crippen LogP contribution in [-0.2, 0) is 40.9 Å². The van der Waals surface area contributed by atoms with Crippen molar-refractivity contribution in [2.45, 2.75) is 75.9 Å². The lowest BCUT2D eigenvalue weighted by Gasteiger charge is -2.29. The first-order valence-corrected chi connectivity index (χ1v) is 15.2. The van der Waals surface area contributed by atoms with Crippen LogP contribution in [0.5, 0.6) is 0 Å². The first kappa shape index (κ1) is 33.3. The first-order chi connectivity index (χ1) is 20.5. The average molecular weight is 611 g/mol. The fourth-order valence-electron chi connectivity index (χ4n) is 4.69. The number of nitrogens with zero attached hydrogens (tertiary/aromatic N) is 1. The van der Waals surface area contributed by atoms with E-state index >= 15 is 0 Å². The topological polar surface area (TPSA) is 162 Å². The summed E-state index contributed by atoms with van der Waals surface area (Å²) in [5.74, 6) is -2.77. The van der Waals surface area contributed by atoms with Crippen LogP contribution in [0.15, 0.2) is 60.7 Å². The van der Waals surface area contributed by atoms with Crippen molar-refractivity contribution in [3.63, 3.8) is 0 Å². The van der Waals surface area contributed by atoms with Crippen LogP contribution in [0.1, 0.15) is 50.7 Å². The van der Waals surface area contributed by atoms with Gasteiger partial charge in [0.05, 0.1) is 6.42 Å². The van der Waals surface area contributed by atoms with E-state index in [1.165, 1.54) is 18.7 Å². The van der Waals surface area contributed by atoms with E-state index in [1.807, 2.05) is 60.7 Å². The molecule has 230 valence electrons. The van der Waals surface area contributed by atoms with Crippen LogP contribution >= 0.6 is 11.8 Å². The number of carboxylic acid groups (broad SMARTS) is 1. The van der Waals surface area contributed by atoms with Gasteiger partial charge in [-0.15, -0.1) is 0 Å². The number of rotatable bonds is 14. The zero-order valence-electron chi connectivity index (χ0n) is 24.3. The molecular weight excluding hydrogens is 572 g/mol. The van der Waals surface area contributed by atoms with Crippen molar-refractivity contribution in [2.75, 3.05) is 6.54 Å². The Hall–Kier alpha value is -4.19. The molecule has 12 heteroatoms. The molecule has 1 aliphatic heterocycles. The highest BCUT2D eigenvalue weighted by atomic mass is 32.2. The smallest absolute Gasteiger partial charge is 0.303 e. The van der Waals surface area contributed by atoms with E-state index in [4.69, 9.17) is 5.11 Å². The molecule has 4 amide bonds. The Morgan fingerprint density at radius 1 is 0.860 bits per heavy atom. The van der Waals surface area contributed by atoms with E-state index in [0.29, 0.717) is 31.6 Å². The Morgan fingerprint density at radius 2 is 1.49 bits per heavy atom. The molecule has 2 aromatic carbocycles. The number of benzene rings is 2. The lowest BCUT2D eigenvalue weighted by atomic mass is 10.1. The molecule has 0 bridgehead atoms. The summed E-state index contributed by atoms with van der Waals surface area (Å²) in [5, 5.41) is 16.4. The van der Waals surface area contributed by atoms with Crippen molar-refractivity contribution in [3.05, 3.63) is 71.8 Å². The Bertz CT molecular complexity index is 1290. The molecule has 0 radical (unpaired) electrons. The summed E-state index contributed by atoms with van der Waals surface area (Å²) in [6.07, 6.45) is 0.663. The second kappa shape index (κ2) is 16.4. The van der Waals surface area contributed by atoms with Crippen molar-refractivity contribution >= 4 is 46.5 Å². The third-order valence-electron chi connectivity index (χ3n) is 7.01. The first-order valence-electron chi connectivity index (χ1n) is 14.2. The predicted molar refractivity (Wildman–Crippen MR) is 162 cm³/mol. The predicted octanol–water partition coefficient (Wildman–Crippen LogP) is 2.04. The van der Waals surface area contributed by atoms with E-state index in [9.17, 15) is 28.8 Å². The zero-order valence-corrected chi connectivity index (χ0v) is 25.1. The van der Waals surface area contributed by atoms with E-state index < -0.39 is 53.8 Å². The number of carboxylic acids is 1. The molecule has 0 aromatic heterocycles. The Balaban J connectivity index is 1.61. The van der Waals surface area contributed by atoms with Crippen LogP contribution in [0.25, 0.3) is 0 Å². The normalized spacial score (nSPS) is 16.4. The summed E-state index contributed by atoms with van der Waals surface area (Å²) >= 11 is 1.13. The molecular formula is C31H38N4O7S. The third kappa shape index (κ3) is 10.5. The molecule has 43 heavy (non-hydrogen) atoms. The van der Waals surface area contributed by atoms with Gasteiger partial charge in [0.15, 0.2) is 0 Å². The minimum absolute atomic E-state index is 0.183. The molecule has 4 atom stereocenters. The number of hydrogen-bond donors (Lipinski definition) is 4. The van der Waals surface area contributed by atoms with Crippen molar-refractivity contribution in [1.29, 1.82) is 0 Å². The molecule has 2 aromatic rings. The minimum atomic E-state index is -1.13. The quantitative estimate of drug-likeness (QED) is 0.253. The highest BCUT2D eigenvalue weighted by Gasteiger charge is 2.38. The Morgan fingerprint density at radius 3 is 2.12 bits per heavy atom. The fourth-order valence-corrected chi connectivity index (χ4v) is 5.54. The van der Waals surface area contributed by atoms with E-state index in [2.05, 4.69) is 16.0 Å². The van der Waals surface area contributed by atoms with E-state index in [1.54, 1.807) is 0 Å². The number of thioether (sulfide) groups is 1. The Kier molecular flexibility index (Phi) is 12.7. The van der Waals surface area contributed by atoms with Gasteiger partial charge in [-0.3, -0.25) is 28.8 Å². The molecule has 1 saturated heterocycles. The highest BCUT2D eigenvalue weighted by molar-refractivity contribution is 8.13. The van der Waals surface area contributed by atoms with Crippen LogP contribution in [0.2, 0.25) is 0 Å². The third-order valence-corrected chi connectivity index (χ3v) is 8.06. The van der Waals surface area contributed by atoms with Crippen molar-refractivity contribution < 1.29 is 33.9 Å². The Labute approximate surface area is 255 Å². The summed E-state index contributed by atoms with van der Waals surface area (Å²) in [7, 11) is 0. The maximum Gasteiger partial charge on any atom is 0.303 e. The van der Waals surface area contributed by atoms with Crippen molar-refractivity contribution in [3.8, 4) is 0 Å². The van der Waals surface area contributed by atoms with E-state index in [0.717, 1.165) is 22.9 Å². The van der Waals surface area contributed by atoms with Gasteiger partial charge in [-0.05, 0) is 37.8 Å². The van der Waals surface area contributed by atoms with Gasteiger partial charge in [0.2, 0.25) is 28.7 Å². The fraction of sp³-hybridized carbons (Fsp3) is 0.419. The van der Waals surface area contributed by atoms with Gasteiger partial charge < -0.3 is 26.0 Å². The number of carbonyl (C=O) groups is 6. The van der Waals surface area contributed by atoms with Gasteiger partial charge in [0.1, 0.15) is 24.2 Å². The lowest BCUT2D eigenvalue weighted by Crippen LogP contribution is -2.56. The lowest BCUT2D eigenvalue weighted by molar-refractivity contribution is -0.141. The molecule has 3 rings (SSSR count). The monoisotopic (exact) mass is 610 g/mol. The van der Waals surface area contributed by atoms with Crippen molar-refractivity contribution in [1.82, 2.24) is 20.9 Å². The summed E-state index contributed by atoms with van der Waals surface area (Å²) in [5.41, 5.74) is 1.88. The van der Waals surface area contributed by atoms with Gasteiger partial charge >= 0.3 is 5.97 Å². The number of aliphatic carboxylic acids is 1. The van der Waals surface area contributed by atoms with Crippen molar-refractivity contribution in [2.24, 2.45) is 0 Å². The molecule has 1 aliphatic rings. The van der Waals surface area contributed by atoms with Crippen LogP contribution in [-0.4, -0.2) is 75.4 Å². The molecule has 1 heterocycles. The number of nitrogens with one attached hydrogen (secondary N) is 3. The van der Waals surface area contributed by atoms with E-state index in [-0.39, 0.29) is 18.0 Å². The van der Waals surface area contributed by atoms with Gasteiger partial charge in [0, 0.05) is 25.1 Å². The largest absolute Gasteiger partial charge is 0.481 e. The van der Waals surface area contributed by atoms with Gasteiger partial charge in [-0.25, -0.2) is 0 Å². The second-order valence-electron chi connectivity index (χ2n) is 10.4. The summed E-state index contributed by atoms with van der Waals surface area (Å²) in [6.45, 7) is 3.24. The van der Waals surface area contributed by atoms with Crippen LogP contribution in [0.4, 0.5) is 0 Å². The minimum Gasteiger partial charge on any atom is -0.481 e. The van der Waals surface area contributed by atoms with Crippen LogP contribution in [0.3, 0.4) is 0 Å². The summed E-state index contributed by atoms with van der Waals surface area (Å²) in [4.78, 5) is 76.6. The number of amides is 4. The molecule has 0 aliphatic carbocycles. The molecule has 0 unspecified atom stereocenters. The van der Waals surface area contributed by atoms with Gasteiger partial charge in [-0.2, -0.15) is 0 Å². The number of carbonyl (C=O) groups excluding carboxylic acids is 5. The molecule has 0 saturated carbocycles. The van der Waals surface area contributed by atoms with Gasteiger partial charge in [-0.1, -0.05) is 72.4 Å². The molecule has 0 spiro atoms. The highest BCUT2D eigenvalue weighted by Crippen LogP contribution is 2.21. The standard InChI is InChI=1S/C31H38N4O7S/c1-20(32-26(36)15-16-27(37)38)28(39)33-21(2)30(41)35-17-9-14-25(35)29(40)34-24(18-22-10-5-3-6-11-22)31(42)43-19-23-12-7-4-8-13-23/h3-8,10-13,20-21,24-25H,9,14-19H2,1-2H3,(H,32,36)(H,33,39)(H,34,40)(H,37,38)/t20-,21-,24-,25-/m0/s1. The summed E-state index contributed by atoms with van der Waals surface area (Å²) < 4.78 is 0. The molecule has 11 nitrogen and oxygen atoms in total. The zero-order chi connectivity index (χ0) is 31.4. The molecule has 1 fully saturated rings.